The van der Waals surface area contributed by atoms with Gasteiger partial charge in [-0.25, -0.2) is 14.8 Å². The minimum absolute atomic E-state index is 0.0417. The van der Waals surface area contributed by atoms with E-state index in [1.807, 2.05) is 14.1 Å². The molecule has 0 spiro atoms. The molecule has 1 N–H and O–H groups in total. The summed E-state index contributed by atoms with van der Waals surface area (Å²) in [5.41, 5.74) is 0.502. The monoisotopic (exact) mass is 522 g/mol. The molecule has 4 aliphatic rings. The Morgan fingerprint density at radius 1 is 1.03 bits per heavy atom. The molecule has 36 heavy (non-hydrogen) atoms. The molecule has 4 fully saturated rings. The van der Waals surface area contributed by atoms with Crippen LogP contribution in [0.3, 0.4) is 0 Å². The average molecular weight is 523 g/mol. The van der Waals surface area contributed by atoms with Crippen LogP contribution in [0.2, 0.25) is 0 Å². The van der Waals surface area contributed by atoms with E-state index in [1.165, 1.54) is 57.8 Å². The number of carbonyl (C=O) groups excluding carboxylic acids is 1. The van der Waals surface area contributed by atoms with Crippen molar-refractivity contribution in [1.29, 1.82) is 0 Å². The molecule has 5 nitrogen and oxygen atoms in total. The molecular formula is C30H55ClN4O. The second-order valence-electron chi connectivity index (χ2n) is 15.0. The average Bonchev–Trinajstić information content (AvgIpc) is 3.04. The van der Waals surface area contributed by atoms with Crippen LogP contribution in [0.5, 0.6) is 0 Å². The molecule has 208 valence electrons. The summed E-state index contributed by atoms with van der Waals surface area (Å²) >= 11 is 7.49. The Morgan fingerprint density at radius 2 is 1.64 bits per heavy atom. The van der Waals surface area contributed by atoms with E-state index in [1.54, 1.807) is 4.90 Å². The molecule has 6 heteroatoms. The van der Waals surface area contributed by atoms with Crippen LogP contribution in [0.25, 0.3) is 0 Å². The van der Waals surface area contributed by atoms with Crippen molar-refractivity contribution in [3.05, 3.63) is 0 Å². The van der Waals surface area contributed by atoms with E-state index >= 15 is 0 Å². The molecule has 2 heterocycles. The van der Waals surface area contributed by atoms with Gasteiger partial charge in [0, 0.05) is 39.8 Å². The smallest absolute Gasteiger partial charge is 0.317 e. The van der Waals surface area contributed by atoms with Gasteiger partial charge in [0.05, 0.1) is 10.9 Å². The summed E-state index contributed by atoms with van der Waals surface area (Å²) in [6.07, 6.45) is 14.1. The molecule has 2 aliphatic heterocycles. The van der Waals surface area contributed by atoms with Crippen LogP contribution in [-0.4, -0.2) is 71.6 Å². The third-order valence-electron chi connectivity index (χ3n) is 10.3. The predicted octanol–water partition coefficient (Wildman–Crippen LogP) is 6.76. The lowest BCUT2D eigenvalue weighted by Gasteiger charge is -2.54. The van der Waals surface area contributed by atoms with Crippen molar-refractivity contribution in [3.63, 3.8) is 0 Å². The van der Waals surface area contributed by atoms with Crippen LogP contribution in [-0.2, 0) is 0 Å². The van der Waals surface area contributed by atoms with Crippen LogP contribution >= 0.6 is 11.6 Å². The summed E-state index contributed by atoms with van der Waals surface area (Å²) in [7, 11) is 6.04. The number of hydrogen-bond acceptors (Lipinski definition) is 3. The summed E-state index contributed by atoms with van der Waals surface area (Å²) in [4.78, 5) is 13.8. The van der Waals surface area contributed by atoms with Gasteiger partial charge in [0.2, 0.25) is 0 Å². The molecule has 4 bridgehead atoms. The normalized spacial score (nSPS) is 39.9. The van der Waals surface area contributed by atoms with Gasteiger partial charge in [-0.2, -0.15) is 0 Å². The number of alkyl halides is 1. The maximum absolute atomic E-state index is 12.1. The number of urea groups is 1. The quantitative estimate of drug-likeness (QED) is 0.405. The van der Waals surface area contributed by atoms with Crippen LogP contribution in [0.4, 0.5) is 4.79 Å². The molecular weight excluding hydrogens is 468 g/mol. The lowest BCUT2D eigenvalue weighted by Crippen LogP contribution is -2.61. The maximum Gasteiger partial charge on any atom is 0.317 e. The summed E-state index contributed by atoms with van der Waals surface area (Å²) in [5, 5.41) is 8.86. The van der Waals surface area contributed by atoms with Gasteiger partial charge >= 0.3 is 6.03 Å². The van der Waals surface area contributed by atoms with Gasteiger partial charge in [0.15, 0.2) is 0 Å². The Labute approximate surface area is 227 Å². The highest BCUT2D eigenvalue weighted by molar-refractivity contribution is 6.22. The van der Waals surface area contributed by atoms with Crippen LogP contribution < -0.4 is 5.32 Å². The first-order valence-corrected chi connectivity index (χ1v) is 15.3. The summed E-state index contributed by atoms with van der Waals surface area (Å²) in [6, 6.07) is 0.905. The van der Waals surface area contributed by atoms with E-state index in [2.05, 4.69) is 57.0 Å². The topological polar surface area (TPSA) is 38.8 Å². The fourth-order valence-electron chi connectivity index (χ4n) is 8.93. The summed E-state index contributed by atoms with van der Waals surface area (Å²) in [5.74, 6) is 2.11. The van der Waals surface area contributed by atoms with E-state index < -0.39 is 0 Å². The van der Waals surface area contributed by atoms with Crippen molar-refractivity contribution in [3.8, 4) is 0 Å². The number of nitrogens with one attached hydrogen (secondary N) is 1. The van der Waals surface area contributed by atoms with Crippen molar-refractivity contribution in [2.24, 2.45) is 28.6 Å². The number of nitrogens with zero attached hydrogens (tertiary/aromatic N) is 3. The Kier molecular flexibility index (Phi) is 8.36. The third kappa shape index (κ3) is 5.59. The highest BCUT2D eigenvalue weighted by atomic mass is 35.5. The van der Waals surface area contributed by atoms with Gasteiger partial charge in [-0.15, -0.1) is 11.6 Å². The molecule has 0 aromatic carbocycles. The first-order valence-electron chi connectivity index (χ1n) is 14.9. The maximum atomic E-state index is 12.1. The minimum atomic E-state index is 0.0417. The highest BCUT2D eigenvalue weighted by Crippen LogP contribution is 2.55. The molecule has 6 unspecified atom stereocenters. The molecule has 0 radical (unpaired) electrons. The number of rotatable bonds is 5. The number of hydrogen-bond donors (Lipinski definition) is 1. The SMILES string of the molecule is CN(C)C(=O)N[C@H]1C[C@@H](CC(C)(C)C2C3CCCCC(CCC3)C3(CC(C)(C)C)C(Cl)CN2N3C)C1. The van der Waals surface area contributed by atoms with Crippen molar-refractivity contribution in [2.75, 3.05) is 27.7 Å². The highest BCUT2D eigenvalue weighted by Gasteiger charge is 2.60. The molecule has 0 aromatic rings. The minimum Gasteiger partial charge on any atom is -0.335 e. The molecule has 2 saturated heterocycles. The molecule has 6 atom stereocenters. The van der Waals surface area contributed by atoms with E-state index in [4.69, 9.17) is 11.6 Å². The number of fused-ring (bicyclic) bond motifs is 7. The van der Waals surface area contributed by atoms with Crippen LogP contribution in [0, 0.1) is 28.6 Å². The van der Waals surface area contributed by atoms with Gasteiger partial charge in [0.1, 0.15) is 0 Å². The zero-order chi connectivity index (χ0) is 26.5. The van der Waals surface area contributed by atoms with Crippen LogP contribution in [0.15, 0.2) is 0 Å². The molecule has 4 rings (SSSR count). The van der Waals surface area contributed by atoms with Crippen molar-refractivity contribution < 1.29 is 4.79 Å². The summed E-state index contributed by atoms with van der Waals surface area (Å²) in [6.45, 7) is 13.3. The van der Waals surface area contributed by atoms with E-state index in [9.17, 15) is 4.79 Å². The predicted molar refractivity (Wildman–Crippen MR) is 151 cm³/mol. The number of halogens is 1. The van der Waals surface area contributed by atoms with E-state index in [0.717, 1.165) is 25.3 Å². The van der Waals surface area contributed by atoms with Gasteiger partial charge in [-0.3, -0.25) is 0 Å². The Balaban J connectivity index is 1.59. The third-order valence-corrected chi connectivity index (χ3v) is 10.8. The fraction of sp³-hybridized carbons (Fsp3) is 0.967. The number of carbonyl (C=O) groups is 1. The van der Waals surface area contributed by atoms with Gasteiger partial charge < -0.3 is 10.2 Å². The number of hydrazine groups is 1. The second-order valence-corrected chi connectivity index (χ2v) is 15.6. The molecule has 0 aromatic heterocycles. The standard InChI is InChI=1S/C30H55ClN4O/c1-28(2,3)20-30-23-14-10-9-12-22(13-11-15-23)26(35(34(30)8)19-25(30)31)29(4,5)18-21-16-24(17-21)32-27(36)33(6)7/h21-26H,9-20H2,1-8H3,(H,32,36)/t21-,22?,23?,24+,25?,26?,30?. The van der Waals surface area contributed by atoms with Gasteiger partial charge in [-0.1, -0.05) is 53.9 Å². The zero-order valence-corrected chi connectivity index (χ0v) is 25.3. The Hall–Kier alpha value is -0.520. The van der Waals surface area contributed by atoms with Crippen LogP contribution in [0.1, 0.15) is 105 Å². The lowest BCUT2D eigenvalue weighted by atomic mass is 9.64. The van der Waals surface area contributed by atoms with Crippen molar-refractivity contribution in [2.45, 2.75) is 128 Å². The zero-order valence-electron chi connectivity index (χ0n) is 24.6. The number of amides is 2. The first kappa shape index (κ1) is 28.5. The molecule has 2 saturated carbocycles. The second kappa shape index (κ2) is 10.6. The van der Waals surface area contributed by atoms with Crippen molar-refractivity contribution in [1.82, 2.24) is 20.2 Å². The lowest BCUT2D eigenvalue weighted by molar-refractivity contribution is -0.135. The van der Waals surface area contributed by atoms with E-state index in [0.29, 0.717) is 23.9 Å². The largest absolute Gasteiger partial charge is 0.335 e. The van der Waals surface area contributed by atoms with E-state index in [-0.39, 0.29) is 27.8 Å². The molecule has 2 aliphatic carbocycles. The van der Waals surface area contributed by atoms with Gasteiger partial charge in [0.25, 0.3) is 0 Å². The first-order chi connectivity index (χ1) is 16.7. The fourth-order valence-corrected chi connectivity index (χ4v) is 9.47. The Bertz CT molecular complexity index is 773. The Morgan fingerprint density at radius 3 is 2.28 bits per heavy atom. The van der Waals surface area contributed by atoms with Gasteiger partial charge in [-0.05, 0) is 80.0 Å². The summed E-state index contributed by atoms with van der Waals surface area (Å²) < 4.78 is 0. The van der Waals surface area contributed by atoms with Crippen molar-refractivity contribution >= 4 is 17.6 Å². The molecule has 2 amide bonds.